The van der Waals surface area contributed by atoms with E-state index < -0.39 is 0 Å². The molecule has 1 aromatic rings. The second-order valence-corrected chi connectivity index (χ2v) is 5.14. The van der Waals surface area contributed by atoms with Gasteiger partial charge in [-0.25, -0.2) is 4.39 Å². The molecule has 0 radical (unpaired) electrons. The fraction of sp³-hybridized carbons (Fsp3) is 0.467. The van der Waals surface area contributed by atoms with Crippen molar-refractivity contribution in [3.8, 4) is 5.75 Å². The molecule has 0 fully saturated rings. The molecule has 3 heteroatoms. The maximum atomic E-state index is 14.2. The first-order valence-electron chi connectivity index (χ1n) is 6.43. The van der Waals surface area contributed by atoms with Crippen molar-refractivity contribution in [2.75, 3.05) is 6.61 Å². The molecule has 1 aliphatic rings. The Kier molecular flexibility index (Phi) is 3.71. The molecule has 1 atom stereocenters. The van der Waals surface area contributed by atoms with Crippen molar-refractivity contribution >= 4 is 5.57 Å². The first-order chi connectivity index (χ1) is 8.53. The fourth-order valence-corrected chi connectivity index (χ4v) is 2.25. The number of nitrogens with two attached hydrogens (primary N) is 1. The predicted molar refractivity (Wildman–Crippen MR) is 72.0 cm³/mol. The van der Waals surface area contributed by atoms with Crippen LogP contribution in [0.2, 0.25) is 0 Å². The topological polar surface area (TPSA) is 35.2 Å². The molecule has 2 N–H and O–H groups in total. The zero-order valence-corrected chi connectivity index (χ0v) is 11.0. The van der Waals surface area contributed by atoms with Gasteiger partial charge in [-0.15, -0.1) is 0 Å². The molecule has 0 heterocycles. The average molecular weight is 249 g/mol. The van der Waals surface area contributed by atoms with Crippen molar-refractivity contribution in [1.82, 2.24) is 0 Å². The van der Waals surface area contributed by atoms with E-state index in [0.29, 0.717) is 17.9 Å². The van der Waals surface area contributed by atoms with Crippen molar-refractivity contribution in [2.45, 2.75) is 38.6 Å². The molecule has 0 saturated heterocycles. The molecule has 98 valence electrons. The Bertz CT molecular complexity index is 466. The van der Waals surface area contributed by atoms with Crippen LogP contribution in [-0.4, -0.2) is 12.1 Å². The summed E-state index contributed by atoms with van der Waals surface area (Å²) in [5.74, 6) is 0.0724. The first kappa shape index (κ1) is 13.1. The molecule has 0 aromatic heterocycles. The zero-order valence-electron chi connectivity index (χ0n) is 11.0. The van der Waals surface area contributed by atoms with Crippen LogP contribution in [0.1, 0.15) is 38.7 Å². The molecule has 0 spiro atoms. The molecule has 0 bridgehead atoms. The standard InChI is InChI=1S/C15H20FNO/c1-3-18-13-6-4-5-12(14(13)16)11-7-9-15(2,17)10-8-11/h4-7H,3,8-10,17H2,1-2H3. The average Bonchev–Trinajstić information content (AvgIpc) is 2.33. The Morgan fingerprint density at radius 2 is 2.22 bits per heavy atom. The number of ether oxygens (including phenoxy) is 1. The third-order valence-corrected chi connectivity index (χ3v) is 3.39. The van der Waals surface area contributed by atoms with Gasteiger partial charge in [0.25, 0.3) is 0 Å². The Hall–Kier alpha value is -1.35. The molecule has 0 amide bonds. The second kappa shape index (κ2) is 5.11. The van der Waals surface area contributed by atoms with Gasteiger partial charge in [0, 0.05) is 11.1 Å². The molecule has 2 nitrogen and oxygen atoms in total. The molecule has 18 heavy (non-hydrogen) atoms. The van der Waals surface area contributed by atoms with Crippen molar-refractivity contribution in [1.29, 1.82) is 0 Å². The van der Waals surface area contributed by atoms with Gasteiger partial charge in [0.2, 0.25) is 0 Å². The maximum Gasteiger partial charge on any atom is 0.172 e. The number of allylic oxidation sites excluding steroid dienone is 1. The minimum atomic E-state index is -0.258. The van der Waals surface area contributed by atoms with Gasteiger partial charge in [0.1, 0.15) is 0 Å². The zero-order chi connectivity index (χ0) is 13.2. The van der Waals surface area contributed by atoms with Gasteiger partial charge >= 0.3 is 0 Å². The lowest BCUT2D eigenvalue weighted by Crippen LogP contribution is -2.37. The van der Waals surface area contributed by atoms with Gasteiger partial charge in [-0.3, -0.25) is 0 Å². The van der Waals surface area contributed by atoms with E-state index in [1.54, 1.807) is 6.07 Å². The number of benzene rings is 1. The van der Waals surface area contributed by atoms with Gasteiger partial charge in [0.15, 0.2) is 11.6 Å². The van der Waals surface area contributed by atoms with Crippen molar-refractivity contribution in [3.63, 3.8) is 0 Å². The van der Waals surface area contributed by atoms with E-state index in [1.165, 1.54) is 0 Å². The van der Waals surface area contributed by atoms with Crippen LogP contribution < -0.4 is 10.5 Å². The minimum absolute atomic E-state index is 0.155. The Morgan fingerprint density at radius 3 is 2.83 bits per heavy atom. The van der Waals surface area contributed by atoms with Crippen LogP contribution in [0.15, 0.2) is 24.3 Å². The number of hydrogen-bond donors (Lipinski definition) is 1. The summed E-state index contributed by atoms with van der Waals surface area (Å²) in [6.45, 7) is 4.36. The molecule has 0 aliphatic heterocycles. The van der Waals surface area contributed by atoms with E-state index in [2.05, 4.69) is 6.08 Å². The highest BCUT2D eigenvalue weighted by Gasteiger charge is 2.24. The van der Waals surface area contributed by atoms with Crippen LogP contribution in [0.5, 0.6) is 5.75 Å². The summed E-state index contributed by atoms with van der Waals surface area (Å²) >= 11 is 0. The van der Waals surface area contributed by atoms with Crippen LogP contribution in [0.25, 0.3) is 5.57 Å². The summed E-state index contributed by atoms with van der Waals surface area (Å²) in [5.41, 5.74) is 7.60. The summed E-state index contributed by atoms with van der Waals surface area (Å²) in [5, 5.41) is 0. The molecule has 1 aromatic carbocycles. The summed E-state index contributed by atoms with van der Waals surface area (Å²) < 4.78 is 19.5. The van der Waals surface area contributed by atoms with E-state index >= 15 is 0 Å². The van der Waals surface area contributed by atoms with Gasteiger partial charge in [0.05, 0.1) is 6.61 Å². The quantitative estimate of drug-likeness (QED) is 0.889. The molecule has 0 saturated carbocycles. The number of rotatable bonds is 3. The Morgan fingerprint density at radius 1 is 1.44 bits per heavy atom. The van der Waals surface area contributed by atoms with E-state index in [1.807, 2.05) is 26.0 Å². The second-order valence-electron chi connectivity index (χ2n) is 5.14. The van der Waals surface area contributed by atoms with Crippen molar-refractivity contribution < 1.29 is 9.13 Å². The monoisotopic (exact) mass is 249 g/mol. The Balaban J connectivity index is 2.29. The van der Waals surface area contributed by atoms with Crippen LogP contribution >= 0.6 is 0 Å². The number of halogens is 1. The molecule has 2 rings (SSSR count). The smallest absolute Gasteiger partial charge is 0.172 e. The molecule has 1 aliphatic carbocycles. The van der Waals surface area contributed by atoms with Crippen LogP contribution in [0, 0.1) is 5.82 Å². The van der Waals surface area contributed by atoms with Crippen molar-refractivity contribution in [3.05, 3.63) is 35.7 Å². The first-order valence-corrected chi connectivity index (χ1v) is 6.43. The summed E-state index contributed by atoms with van der Waals surface area (Å²) in [6.07, 6.45) is 4.55. The maximum absolute atomic E-state index is 14.2. The van der Waals surface area contributed by atoms with E-state index in [0.717, 1.165) is 24.8 Å². The lowest BCUT2D eigenvalue weighted by Gasteiger charge is -2.28. The van der Waals surface area contributed by atoms with E-state index in [9.17, 15) is 4.39 Å². The lowest BCUT2D eigenvalue weighted by atomic mass is 9.82. The van der Waals surface area contributed by atoms with E-state index in [4.69, 9.17) is 10.5 Å². The summed E-state index contributed by atoms with van der Waals surface area (Å²) in [7, 11) is 0. The van der Waals surface area contributed by atoms with Gasteiger partial charge in [-0.05, 0) is 44.7 Å². The highest BCUT2D eigenvalue weighted by molar-refractivity contribution is 5.68. The summed E-state index contributed by atoms with van der Waals surface area (Å²) in [4.78, 5) is 0. The van der Waals surface area contributed by atoms with E-state index in [-0.39, 0.29) is 11.4 Å². The third kappa shape index (κ3) is 2.72. The van der Waals surface area contributed by atoms with Gasteiger partial charge < -0.3 is 10.5 Å². The molecular formula is C15H20FNO. The third-order valence-electron chi connectivity index (χ3n) is 3.39. The highest BCUT2D eigenvalue weighted by Crippen LogP contribution is 2.34. The van der Waals surface area contributed by atoms with Gasteiger partial charge in [-0.2, -0.15) is 0 Å². The van der Waals surface area contributed by atoms with Crippen LogP contribution in [-0.2, 0) is 0 Å². The fourth-order valence-electron chi connectivity index (χ4n) is 2.25. The minimum Gasteiger partial charge on any atom is -0.491 e. The predicted octanol–water partition coefficient (Wildman–Crippen LogP) is 3.51. The highest BCUT2D eigenvalue weighted by atomic mass is 19.1. The van der Waals surface area contributed by atoms with Crippen molar-refractivity contribution in [2.24, 2.45) is 5.73 Å². The van der Waals surface area contributed by atoms with Gasteiger partial charge in [-0.1, -0.05) is 18.2 Å². The largest absolute Gasteiger partial charge is 0.491 e. The SMILES string of the molecule is CCOc1cccc(C2=CCC(C)(N)CC2)c1F. The summed E-state index contributed by atoms with van der Waals surface area (Å²) in [6, 6.07) is 5.31. The molecule has 1 unspecified atom stereocenters. The van der Waals surface area contributed by atoms with Crippen LogP contribution in [0.4, 0.5) is 4.39 Å². The normalized spacial score (nSPS) is 23.7. The molecular weight excluding hydrogens is 229 g/mol. The lowest BCUT2D eigenvalue weighted by molar-refractivity contribution is 0.321. The van der Waals surface area contributed by atoms with Crippen LogP contribution in [0.3, 0.4) is 0 Å². The Labute approximate surface area is 108 Å². The number of hydrogen-bond acceptors (Lipinski definition) is 2.